The van der Waals surface area contributed by atoms with Crippen molar-refractivity contribution in [3.63, 3.8) is 0 Å². The second kappa shape index (κ2) is 7.77. The molecule has 0 aromatic heterocycles. The molecular weight excluding hydrogens is 314 g/mol. The van der Waals surface area contributed by atoms with Gasteiger partial charge in [-0.25, -0.2) is 13.1 Å². The Bertz CT molecular complexity index is 756. The number of nitrogens with one attached hydrogen (secondary N) is 1. The number of unbranched alkanes of at least 4 members (excludes halogenated alkanes) is 1. The maximum Gasteiger partial charge on any atom is 0.241 e. The zero-order valence-corrected chi connectivity index (χ0v) is 14.3. The molecule has 0 fully saturated rings. The summed E-state index contributed by atoms with van der Waals surface area (Å²) >= 11 is 0. The van der Waals surface area contributed by atoms with Crippen LogP contribution >= 0.6 is 0 Å². The van der Waals surface area contributed by atoms with Crippen molar-refractivity contribution in [3.05, 3.63) is 36.4 Å². The van der Waals surface area contributed by atoms with Crippen molar-refractivity contribution in [2.45, 2.75) is 37.7 Å². The van der Waals surface area contributed by atoms with E-state index >= 15 is 0 Å². The van der Waals surface area contributed by atoms with Gasteiger partial charge in [0.25, 0.3) is 0 Å². The molecule has 2 aromatic rings. The van der Waals surface area contributed by atoms with E-state index in [1.807, 2.05) is 12.1 Å². The number of hydrogen-bond acceptors (Lipinski definition) is 4. The lowest BCUT2D eigenvalue weighted by atomic mass is 10.1. The molecule has 2 rings (SSSR count). The Labute approximate surface area is 137 Å². The van der Waals surface area contributed by atoms with Gasteiger partial charge in [0.15, 0.2) is 0 Å². The minimum atomic E-state index is -3.69. The number of rotatable bonds is 8. The molecule has 0 saturated heterocycles. The van der Waals surface area contributed by atoms with Crippen molar-refractivity contribution < 1.29 is 18.3 Å². The zero-order chi connectivity index (χ0) is 16.9. The molecule has 2 aromatic carbocycles. The molecule has 0 amide bonds. The summed E-state index contributed by atoms with van der Waals surface area (Å²) in [6.07, 6.45) is 1.24. The first-order valence-electron chi connectivity index (χ1n) is 7.78. The number of aliphatic hydroxyl groups excluding tert-OH is 1. The summed E-state index contributed by atoms with van der Waals surface area (Å²) in [6.45, 7) is 4.20. The number of aliphatic hydroxyl groups is 1. The first-order valence-corrected chi connectivity index (χ1v) is 9.26. The number of ether oxygens (including phenoxy) is 1. The monoisotopic (exact) mass is 337 g/mol. The zero-order valence-electron chi connectivity index (χ0n) is 13.5. The van der Waals surface area contributed by atoms with E-state index in [0.717, 1.165) is 18.2 Å². The van der Waals surface area contributed by atoms with Gasteiger partial charge in [-0.3, -0.25) is 0 Å². The van der Waals surface area contributed by atoms with Crippen LogP contribution in [0.25, 0.3) is 10.8 Å². The Morgan fingerprint density at radius 1 is 1.17 bits per heavy atom. The highest BCUT2D eigenvalue weighted by molar-refractivity contribution is 7.89. The van der Waals surface area contributed by atoms with Crippen LogP contribution in [0.15, 0.2) is 41.3 Å². The first kappa shape index (κ1) is 17.7. The molecule has 0 aliphatic carbocycles. The second-order valence-electron chi connectivity index (χ2n) is 5.51. The summed E-state index contributed by atoms with van der Waals surface area (Å²) in [5.41, 5.74) is 0. The van der Waals surface area contributed by atoms with Crippen LogP contribution in [0.1, 0.15) is 26.7 Å². The highest BCUT2D eigenvalue weighted by Crippen LogP contribution is 2.31. The van der Waals surface area contributed by atoms with E-state index in [2.05, 4.69) is 11.6 Å². The Balaban J connectivity index is 2.41. The molecule has 2 N–H and O–H groups in total. The van der Waals surface area contributed by atoms with E-state index in [1.165, 1.54) is 6.92 Å². The normalized spacial score (nSPS) is 13.2. The van der Waals surface area contributed by atoms with Gasteiger partial charge >= 0.3 is 0 Å². The molecule has 0 spiro atoms. The van der Waals surface area contributed by atoms with Crippen LogP contribution in [-0.2, 0) is 10.0 Å². The molecule has 0 unspecified atom stereocenters. The molecule has 0 radical (unpaired) electrons. The van der Waals surface area contributed by atoms with Crippen LogP contribution in [-0.4, -0.2) is 32.8 Å². The van der Waals surface area contributed by atoms with Crippen molar-refractivity contribution in [2.75, 3.05) is 13.2 Å². The van der Waals surface area contributed by atoms with Gasteiger partial charge in [0.2, 0.25) is 10.0 Å². The quantitative estimate of drug-likeness (QED) is 0.726. The smallest absolute Gasteiger partial charge is 0.241 e. The lowest BCUT2D eigenvalue weighted by molar-refractivity contribution is 0.198. The highest BCUT2D eigenvalue weighted by atomic mass is 32.2. The third kappa shape index (κ3) is 4.43. The molecular formula is C17H23NO4S. The van der Waals surface area contributed by atoms with Crippen LogP contribution in [0.4, 0.5) is 0 Å². The highest BCUT2D eigenvalue weighted by Gasteiger charge is 2.19. The van der Waals surface area contributed by atoms with Gasteiger partial charge in [-0.05, 0) is 25.5 Å². The summed E-state index contributed by atoms with van der Waals surface area (Å²) in [7, 11) is -3.69. The van der Waals surface area contributed by atoms with E-state index < -0.39 is 16.1 Å². The fraction of sp³-hybridized carbons (Fsp3) is 0.412. The molecule has 0 heterocycles. The van der Waals surface area contributed by atoms with Gasteiger partial charge in [0, 0.05) is 17.3 Å². The number of benzene rings is 2. The number of fused-ring (bicyclic) bond motifs is 1. The third-order valence-corrected chi connectivity index (χ3v) is 4.94. The Morgan fingerprint density at radius 2 is 1.87 bits per heavy atom. The minimum absolute atomic E-state index is 0.0224. The molecule has 0 aliphatic heterocycles. The van der Waals surface area contributed by atoms with Gasteiger partial charge in [-0.1, -0.05) is 37.6 Å². The van der Waals surface area contributed by atoms with Gasteiger partial charge in [-0.2, -0.15) is 0 Å². The molecule has 0 aliphatic rings. The summed E-state index contributed by atoms with van der Waals surface area (Å²) in [4.78, 5) is 0.191. The van der Waals surface area contributed by atoms with E-state index in [0.29, 0.717) is 17.7 Å². The Morgan fingerprint density at radius 3 is 2.52 bits per heavy atom. The molecule has 23 heavy (non-hydrogen) atoms. The number of hydrogen-bond donors (Lipinski definition) is 2. The molecule has 0 bridgehead atoms. The number of sulfonamides is 1. The van der Waals surface area contributed by atoms with E-state index in [1.54, 1.807) is 24.3 Å². The summed E-state index contributed by atoms with van der Waals surface area (Å²) in [5, 5.41) is 10.7. The average Bonchev–Trinajstić information content (AvgIpc) is 2.53. The maximum atomic E-state index is 12.5. The predicted octanol–water partition coefficient (Wildman–Crippen LogP) is 2.68. The lowest BCUT2D eigenvalue weighted by Gasteiger charge is -2.14. The van der Waals surface area contributed by atoms with E-state index in [9.17, 15) is 13.5 Å². The van der Waals surface area contributed by atoms with Gasteiger partial charge in [-0.15, -0.1) is 0 Å². The SMILES string of the molecule is CCCCOc1ccc(S(=O)(=O)NC[C@H](C)O)c2ccccc12. The fourth-order valence-electron chi connectivity index (χ4n) is 2.24. The van der Waals surface area contributed by atoms with Gasteiger partial charge in [0.05, 0.1) is 17.6 Å². The van der Waals surface area contributed by atoms with Crippen LogP contribution in [0.5, 0.6) is 5.75 Å². The van der Waals surface area contributed by atoms with Crippen molar-refractivity contribution in [1.82, 2.24) is 4.72 Å². The predicted molar refractivity (Wildman–Crippen MR) is 91.2 cm³/mol. The average molecular weight is 337 g/mol. The van der Waals surface area contributed by atoms with Crippen molar-refractivity contribution in [2.24, 2.45) is 0 Å². The van der Waals surface area contributed by atoms with Crippen LogP contribution in [0.2, 0.25) is 0 Å². The van der Waals surface area contributed by atoms with E-state index in [4.69, 9.17) is 4.74 Å². The van der Waals surface area contributed by atoms with Gasteiger partial charge < -0.3 is 9.84 Å². The van der Waals surface area contributed by atoms with E-state index in [-0.39, 0.29) is 11.4 Å². The van der Waals surface area contributed by atoms with Crippen molar-refractivity contribution in [3.8, 4) is 5.75 Å². The Kier molecular flexibility index (Phi) is 5.98. The topological polar surface area (TPSA) is 75.6 Å². The Hall–Kier alpha value is -1.63. The van der Waals surface area contributed by atoms with Crippen LogP contribution in [0.3, 0.4) is 0 Å². The molecule has 6 heteroatoms. The molecule has 5 nitrogen and oxygen atoms in total. The van der Waals surface area contributed by atoms with Crippen LogP contribution < -0.4 is 9.46 Å². The second-order valence-corrected chi connectivity index (χ2v) is 7.25. The summed E-state index contributed by atoms with van der Waals surface area (Å²) < 4.78 is 33.1. The molecule has 126 valence electrons. The van der Waals surface area contributed by atoms with Crippen molar-refractivity contribution >= 4 is 20.8 Å². The third-order valence-electron chi connectivity index (χ3n) is 3.46. The standard InChI is InChI=1S/C17H23NO4S/c1-3-4-11-22-16-9-10-17(15-8-6-5-7-14(15)16)23(20,21)18-12-13(2)19/h5-10,13,18-19H,3-4,11-12H2,1-2H3/t13-/m0/s1. The fourth-order valence-corrected chi connectivity index (χ4v) is 3.57. The largest absolute Gasteiger partial charge is 0.493 e. The first-order chi connectivity index (χ1) is 11.0. The molecule has 0 saturated carbocycles. The van der Waals surface area contributed by atoms with Gasteiger partial charge in [0.1, 0.15) is 5.75 Å². The van der Waals surface area contributed by atoms with Crippen molar-refractivity contribution in [1.29, 1.82) is 0 Å². The maximum absolute atomic E-state index is 12.5. The summed E-state index contributed by atoms with van der Waals surface area (Å²) in [5.74, 6) is 0.684. The summed E-state index contributed by atoms with van der Waals surface area (Å²) in [6, 6.07) is 10.5. The minimum Gasteiger partial charge on any atom is -0.493 e. The van der Waals surface area contributed by atoms with Crippen LogP contribution in [0, 0.1) is 0 Å². The lowest BCUT2D eigenvalue weighted by Crippen LogP contribution is -2.30. The molecule has 1 atom stereocenters.